The molecule has 158 valence electrons. The smallest absolute Gasteiger partial charge is 0.242 e. The number of likely N-dealkylation sites (tertiary alicyclic amines) is 1. The van der Waals surface area contributed by atoms with Gasteiger partial charge in [0.25, 0.3) is 0 Å². The summed E-state index contributed by atoms with van der Waals surface area (Å²) >= 11 is 0. The largest absolute Gasteiger partial charge is 0.356 e. The Hall–Kier alpha value is -1.51. The second-order valence-corrected chi connectivity index (χ2v) is 9.83. The Morgan fingerprint density at radius 1 is 1.32 bits per heavy atom. The average Bonchev–Trinajstić information content (AvgIpc) is 2.66. The van der Waals surface area contributed by atoms with Crippen LogP contribution in [0.5, 0.6) is 0 Å². The fourth-order valence-corrected chi connectivity index (χ4v) is 4.66. The summed E-state index contributed by atoms with van der Waals surface area (Å²) in [4.78, 5) is 14.6. The molecule has 0 aromatic heterocycles. The third-order valence-electron chi connectivity index (χ3n) is 5.27. The number of rotatable bonds is 9. The quantitative estimate of drug-likeness (QED) is 0.675. The molecule has 1 fully saturated rings. The van der Waals surface area contributed by atoms with Gasteiger partial charge in [-0.3, -0.25) is 4.79 Å². The van der Waals surface area contributed by atoms with E-state index in [0.29, 0.717) is 24.9 Å². The standard InChI is InChI=1S/C20H32FN3O3S/c1-16(2)24-13-4-6-17(15-24)14-22-20(25)7-5-12-23(3)28(26,27)19-10-8-18(21)9-11-19/h8-11,16-17H,4-7,12-15H2,1-3H3,(H,22,25). The molecule has 1 aromatic carbocycles. The van der Waals surface area contributed by atoms with Crippen molar-refractivity contribution in [1.82, 2.24) is 14.5 Å². The molecule has 0 spiro atoms. The van der Waals surface area contributed by atoms with Gasteiger partial charge in [0.2, 0.25) is 15.9 Å². The van der Waals surface area contributed by atoms with Gasteiger partial charge in [0.15, 0.2) is 0 Å². The molecule has 1 aliphatic heterocycles. The lowest BCUT2D eigenvalue weighted by Gasteiger charge is -2.35. The normalized spacial score (nSPS) is 18.6. The van der Waals surface area contributed by atoms with Crippen LogP contribution in [0.2, 0.25) is 0 Å². The van der Waals surface area contributed by atoms with Crippen LogP contribution in [0.15, 0.2) is 29.2 Å². The molecule has 2 rings (SSSR count). The number of benzene rings is 1. The second kappa shape index (κ2) is 10.3. The van der Waals surface area contributed by atoms with Gasteiger partial charge in [0, 0.05) is 39.1 Å². The number of carbonyl (C=O) groups is 1. The molecule has 0 bridgehead atoms. The minimum absolute atomic E-state index is 0.0470. The maximum absolute atomic E-state index is 13.0. The third kappa shape index (κ3) is 6.53. The molecular weight excluding hydrogens is 381 g/mol. The summed E-state index contributed by atoms with van der Waals surface area (Å²) in [5.41, 5.74) is 0. The number of carbonyl (C=O) groups excluding carboxylic acids is 1. The Balaban J connectivity index is 1.72. The van der Waals surface area contributed by atoms with Gasteiger partial charge in [-0.05, 0) is 69.8 Å². The van der Waals surface area contributed by atoms with Gasteiger partial charge in [0.05, 0.1) is 4.90 Å². The van der Waals surface area contributed by atoms with E-state index < -0.39 is 15.8 Å². The Morgan fingerprint density at radius 2 is 2.00 bits per heavy atom. The van der Waals surface area contributed by atoms with Crippen molar-refractivity contribution in [2.45, 2.75) is 50.5 Å². The lowest BCUT2D eigenvalue weighted by Crippen LogP contribution is -2.43. The lowest BCUT2D eigenvalue weighted by atomic mass is 9.97. The van der Waals surface area contributed by atoms with Crippen LogP contribution in [-0.2, 0) is 14.8 Å². The summed E-state index contributed by atoms with van der Waals surface area (Å²) in [7, 11) is -2.20. The highest BCUT2D eigenvalue weighted by atomic mass is 32.2. The van der Waals surface area contributed by atoms with E-state index in [1.807, 2.05) is 0 Å². The number of amides is 1. The third-order valence-corrected chi connectivity index (χ3v) is 7.14. The molecule has 1 amide bonds. The number of nitrogens with zero attached hydrogens (tertiary/aromatic N) is 2. The number of nitrogens with one attached hydrogen (secondary N) is 1. The predicted molar refractivity (Wildman–Crippen MR) is 108 cm³/mol. The highest BCUT2D eigenvalue weighted by Gasteiger charge is 2.23. The van der Waals surface area contributed by atoms with Crippen LogP contribution in [0.3, 0.4) is 0 Å². The van der Waals surface area contributed by atoms with Crippen molar-refractivity contribution in [3.05, 3.63) is 30.1 Å². The van der Waals surface area contributed by atoms with Crippen molar-refractivity contribution in [1.29, 1.82) is 0 Å². The van der Waals surface area contributed by atoms with Gasteiger partial charge >= 0.3 is 0 Å². The minimum atomic E-state index is -3.67. The van der Waals surface area contributed by atoms with E-state index in [-0.39, 0.29) is 23.8 Å². The number of hydrogen-bond acceptors (Lipinski definition) is 4. The van der Waals surface area contributed by atoms with Gasteiger partial charge in [-0.2, -0.15) is 0 Å². The predicted octanol–water partition coefficient (Wildman–Crippen LogP) is 2.46. The second-order valence-electron chi connectivity index (χ2n) is 7.79. The number of hydrogen-bond donors (Lipinski definition) is 1. The first-order valence-corrected chi connectivity index (χ1v) is 11.4. The van der Waals surface area contributed by atoms with Gasteiger partial charge in [-0.1, -0.05) is 0 Å². The van der Waals surface area contributed by atoms with Crippen molar-refractivity contribution in [2.75, 3.05) is 33.2 Å². The monoisotopic (exact) mass is 413 g/mol. The van der Waals surface area contributed by atoms with Crippen molar-refractivity contribution >= 4 is 15.9 Å². The Kier molecular flexibility index (Phi) is 8.39. The molecule has 1 aromatic rings. The zero-order chi connectivity index (χ0) is 20.7. The number of sulfonamides is 1. The molecule has 1 heterocycles. The van der Waals surface area contributed by atoms with Crippen LogP contribution in [0.4, 0.5) is 4.39 Å². The molecule has 1 aliphatic rings. The Labute approximate surface area is 168 Å². The molecule has 0 saturated carbocycles. The molecule has 1 saturated heterocycles. The van der Waals surface area contributed by atoms with Crippen LogP contribution in [0.25, 0.3) is 0 Å². The molecule has 1 N–H and O–H groups in total. The first kappa shape index (κ1) is 22.8. The topological polar surface area (TPSA) is 69.7 Å². The van der Waals surface area contributed by atoms with Gasteiger partial charge < -0.3 is 10.2 Å². The van der Waals surface area contributed by atoms with Crippen molar-refractivity contribution in [2.24, 2.45) is 5.92 Å². The molecule has 0 radical (unpaired) electrons. The molecule has 28 heavy (non-hydrogen) atoms. The van der Waals surface area contributed by atoms with E-state index in [1.165, 1.54) is 23.5 Å². The Morgan fingerprint density at radius 3 is 2.64 bits per heavy atom. The van der Waals surface area contributed by atoms with Crippen molar-refractivity contribution < 1.29 is 17.6 Å². The fraction of sp³-hybridized carbons (Fsp3) is 0.650. The van der Waals surface area contributed by atoms with Crippen LogP contribution in [0, 0.1) is 11.7 Å². The molecule has 6 nitrogen and oxygen atoms in total. The summed E-state index contributed by atoms with van der Waals surface area (Å²) in [5.74, 6) is -0.0522. The van der Waals surface area contributed by atoms with E-state index in [9.17, 15) is 17.6 Å². The first-order valence-electron chi connectivity index (χ1n) is 9.93. The average molecular weight is 414 g/mol. The first-order chi connectivity index (χ1) is 13.2. The van der Waals surface area contributed by atoms with Crippen LogP contribution in [-0.4, -0.2) is 62.8 Å². The molecule has 0 aliphatic carbocycles. The van der Waals surface area contributed by atoms with Crippen molar-refractivity contribution in [3.8, 4) is 0 Å². The van der Waals surface area contributed by atoms with Gasteiger partial charge in [0.1, 0.15) is 5.82 Å². The summed E-state index contributed by atoms with van der Waals surface area (Å²) in [6.07, 6.45) is 3.00. The van der Waals surface area contributed by atoms with E-state index in [4.69, 9.17) is 0 Å². The summed E-state index contributed by atoms with van der Waals surface area (Å²) in [6, 6.07) is 5.27. The fourth-order valence-electron chi connectivity index (χ4n) is 3.45. The lowest BCUT2D eigenvalue weighted by molar-refractivity contribution is -0.121. The number of piperidine rings is 1. The maximum atomic E-state index is 13.0. The summed E-state index contributed by atoms with van der Waals surface area (Å²) in [6.45, 7) is 7.42. The van der Waals surface area contributed by atoms with Gasteiger partial charge in [-0.25, -0.2) is 17.1 Å². The van der Waals surface area contributed by atoms with E-state index in [0.717, 1.165) is 38.1 Å². The Bertz CT molecular complexity index is 738. The molecular formula is C20H32FN3O3S. The highest BCUT2D eigenvalue weighted by molar-refractivity contribution is 7.89. The minimum Gasteiger partial charge on any atom is -0.356 e. The van der Waals surface area contributed by atoms with E-state index >= 15 is 0 Å². The number of halogens is 1. The zero-order valence-electron chi connectivity index (χ0n) is 17.0. The van der Waals surface area contributed by atoms with E-state index in [2.05, 4.69) is 24.1 Å². The summed E-state index contributed by atoms with van der Waals surface area (Å²) < 4.78 is 39.1. The molecule has 1 atom stereocenters. The van der Waals surface area contributed by atoms with Crippen LogP contribution >= 0.6 is 0 Å². The van der Waals surface area contributed by atoms with E-state index in [1.54, 1.807) is 0 Å². The SMILES string of the molecule is CC(C)N1CCCC(CNC(=O)CCCN(C)S(=O)(=O)c2ccc(F)cc2)C1. The maximum Gasteiger partial charge on any atom is 0.242 e. The van der Waals surface area contributed by atoms with Gasteiger partial charge in [-0.15, -0.1) is 0 Å². The van der Waals surface area contributed by atoms with Crippen LogP contribution in [0.1, 0.15) is 39.5 Å². The zero-order valence-corrected chi connectivity index (χ0v) is 17.8. The van der Waals surface area contributed by atoms with Crippen molar-refractivity contribution in [3.63, 3.8) is 0 Å². The van der Waals surface area contributed by atoms with Crippen LogP contribution < -0.4 is 5.32 Å². The molecule has 8 heteroatoms. The molecule has 1 unspecified atom stereocenters. The highest BCUT2D eigenvalue weighted by Crippen LogP contribution is 2.18. The summed E-state index contributed by atoms with van der Waals surface area (Å²) in [5, 5.41) is 2.99.